The molecule has 2 rings (SSSR count). The fourth-order valence-corrected chi connectivity index (χ4v) is 1.76. The van der Waals surface area contributed by atoms with E-state index < -0.39 is 5.41 Å². The highest BCUT2D eigenvalue weighted by Crippen LogP contribution is 2.42. The molecular formula is C14H18N2O2. The van der Waals surface area contributed by atoms with Gasteiger partial charge in [-0.05, 0) is 30.4 Å². The van der Waals surface area contributed by atoms with Crippen molar-refractivity contribution in [2.75, 3.05) is 5.32 Å². The zero-order chi connectivity index (χ0) is 13.3. The van der Waals surface area contributed by atoms with Crippen molar-refractivity contribution in [3.63, 3.8) is 0 Å². The number of carbonyl (C=O) groups excluding carboxylic acids is 2. The van der Waals surface area contributed by atoms with Gasteiger partial charge in [0.05, 0.1) is 5.56 Å². The van der Waals surface area contributed by atoms with Crippen molar-refractivity contribution in [2.45, 2.75) is 39.5 Å². The Morgan fingerprint density at radius 3 is 2.61 bits per heavy atom. The molecule has 1 aliphatic rings. The van der Waals surface area contributed by atoms with Crippen LogP contribution in [0, 0.1) is 5.41 Å². The molecule has 1 aromatic rings. The van der Waals surface area contributed by atoms with Crippen molar-refractivity contribution >= 4 is 18.0 Å². The van der Waals surface area contributed by atoms with Crippen LogP contribution >= 0.6 is 0 Å². The summed E-state index contributed by atoms with van der Waals surface area (Å²) < 4.78 is 0. The molecule has 0 unspecified atom stereocenters. The average molecular weight is 246 g/mol. The van der Waals surface area contributed by atoms with Crippen LogP contribution in [0.25, 0.3) is 0 Å². The van der Waals surface area contributed by atoms with Crippen LogP contribution in [0.15, 0.2) is 12.3 Å². The van der Waals surface area contributed by atoms with E-state index in [-0.39, 0.29) is 5.91 Å². The topological polar surface area (TPSA) is 59.1 Å². The van der Waals surface area contributed by atoms with E-state index in [1.165, 1.54) is 0 Å². The summed E-state index contributed by atoms with van der Waals surface area (Å²) in [5.74, 6) is 0.707. The number of nitrogens with zero attached hydrogens (tertiary/aromatic N) is 1. The smallest absolute Gasteiger partial charge is 0.230 e. The largest absolute Gasteiger partial charge is 0.310 e. The molecular weight excluding hydrogens is 228 g/mol. The first-order valence-electron chi connectivity index (χ1n) is 6.19. The van der Waals surface area contributed by atoms with Gasteiger partial charge in [0.1, 0.15) is 5.82 Å². The van der Waals surface area contributed by atoms with Gasteiger partial charge in [0.15, 0.2) is 6.29 Å². The first-order valence-corrected chi connectivity index (χ1v) is 6.19. The third kappa shape index (κ3) is 2.58. The Kier molecular flexibility index (Phi) is 3.20. The van der Waals surface area contributed by atoms with Gasteiger partial charge < -0.3 is 5.32 Å². The standard InChI is InChI=1S/C14H18N2O2/c1-14(2,3)13(18)16-12-11(8-17)10(6-7-15-12)9-4-5-9/h6-9H,4-5H2,1-3H3,(H,15,16,18). The fraction of sp³-hybridized carbons (Fsp3) is 0.500. The number of rotatable bonds is 3. The van der Waals surface area contributed by atoms with E-state index in [0.717, 1.165) is 24.7 Å². The maximum atomic E-state index is 11.9. The molecule has 1 aromatic heterocycles. The summed E-state index contributed by atoms with van der Waals surface area (Å²) in [6.45, 7) is 5.48. The van der Waals surface area contributed by atoms with Gasteiger partial charge in [-0.3, -0.25) is 9.59 Å². The minimum absolute atomic E-state index is 0.133. The molecule has 1 heterocycles. The second-order valence-electron chi connectivity index (χ2n) is 5.76. The Bertz CT molecular complexity index is 485. The van der Waals surface area contributed by atoms with E-state index in [2.05, 4.69) is 10.3 Å². The lowest BCUT2D eigenvalue weighted by atomic mass is 9.95. The minimum Gasteiger partial charge on any atom is -0.310 e. The summed E-state index contributed by atoms with van der Waals surface area (Å²) in [7, 11) is 0. The van der Waals surface area contributed by atoms with Crippen LogP contribution < -0.4 is 5.32 Å². The molecule has 0 aliphatic heterocycles. The molecule has 0 radical (unpaired) electrons. The van der Waals surface area contributed by atoms with Crippen LogP contribution in [0.3, 0.4) is 0 Å². The molecule has 0 bridgehead atoms. The van der Waals surface area contributed by atoms with Crippen molar-refractivity contribution in [3.8, 4) is 0 Å². The van der Waals surface area contributed by atoms with E-state index in [4.69, 9.17) is 0 Å². The monoisotopic (exact) mass is 246 g/mol. The van der Waals surface area contributed by atoms with Crippen LogP contribution in [-0.2, 0) is 4.79 Å². The number of pyridine rings is 1. The molecule has 1 saturated carbocycles. The molecule has 1 amide bonds. The Labute approximate surface area is 107 Å². The van der Waals surface area contributed by atoms with Crippen LogP contribution in [0.1, 0.15) is 55.5 Å². The predicted molar refractivity (Wildman–Crippen MR) is 69.7 cm³/mol. The number of amides is 1. The Balaban J connectivity index is 2.30. The average Bonchev–Trinajstić information content (AvgIpc) is 3.11. The Morgan fingerprint density at radius 1 is 1.44 bits per heavy atom. The van der Waals surface area contributed by atoms with Crippen molar-refractivity contribution < 1.29 is 9.59 Å². The summed E-state index contributed by atoms with van der Waals surface area (Å²) in [6.07, 6.45) is 4.66. The van der Waals surface area contributed by atoms with Crippen LogP contribution in [0.2, 0.25) is 0 Å². The highest BCUT2D eigenvalue weighted by molar-refractivity contribution is 5.98. The quantitative estimate of drug-likeness (QED) is 0.834. The first-order chi connectivity index (χ1) is 8.43. The maximum absolute atomic E-state index is 11.9. The summed E-state index contributed by atoms with van der Waals surface area (Å²) in [5.41, 5.74) is 1.03. The van der Waals surface area contributed by atoms with Crippen molar-refractivity contribution in [1.29, 1.82) is 0 Å². The van der Waals surface area contributed by atoms with Gasteiger partial charge in [-0.2, -0.15) is 0 Å². The molecule has 1 aliphatic carbocycles. The number of hydrogen-bond acceptors (Lipinski definition) is 3. The van der Waals surface area contributed by atoms with Gasteiger partial charge in [0.2, 0.25) is 5.91 Å². The van der Waals surface area contributed by atoms with Crippen LogP contribution in [0.4, 0.5) is 5.82 Å². The highest BCUT2D eigenvalue weighted by atomic mass is 16.2. The SMILES string of the molecule is CC(C)(C)C(=O)Nc1nccc(C2CC2)c1C=O. The molecule has 96 valence electrons. The lowest BCUT2D eigenvalue weighted by molar-refractivity contribution is -0.123. The maximum Gasteiger partial charge on any atom is 0.230 e. The summed E-state index contributed by atoms with van der Waals surface area (Å²) >= 11 is 0. The molecule has 0 atom stereocenters. The second kappa shape index (κ2) is 4.52. The number of nitrogens with one attached hydrogen (secondary N) is 1. The molecule has 0 aromatic carbocycles. The zero-order valence-corrected chi connectivity index (χ0v) is 11.0. The third-order valence-electron chi connectivity index (χ3n) is 3.07. The molecule has 4 nitrogen and oxygen atoms in total. The van der Waals surface area contributed by atoms with Gasteiger partial charge in [0.25, 0.3) is 0 Å². The van der Waals surface area contributed by atoms with Gasteiger partial charge >= 0.3 is 0 Å². The molecule has 1 fully saturated rings. The first kappa shape index (κ1) is 12.7. The summed E-state index contributed by atoms with van der Waals surface area (Å²) in [4.78, 5) is 27.3. The molecule has 18 heavy (non-hydrogen) atoms. The second-order valence-corrected chi connectivity index (χ2v) is 5.76. The van der Waals surface area contributed by atoms with Gasteiger partial charge in [0, 0.05) is 11.6 Å². The Hall–Kier alpha value is -1.71. The van der Waals surface area contributed by atoms with Crippen molar-refractivity contribution in [3.05, 3.63) is 23.4 Å². The van der Waals surface area contributed by atoms with E-state index in [0.29, 0.717) is 17.3 Å². The summed E-state index contributed by atoms with van der Waals surface area (Å²) in [6, 6.07) is 1.87. The number of aromatic nitrogens is 1. The van der Waals surface area contributed by atoms with Crippen LogP contribution in [0.5, 0.6) is 0 Å². The number of hydrogen-bond donors (Lipinski definition) is 1. The van der Waals surface area contributed by atoms with E-state index in [9.17, 15) is 9.59 Å². The van der Waals surface area contributed by atoms with Gasteiger partial charge in [-0.1, -0.05) is 20.8 Å². The molecule has 4 heteroatoms. The fourth-order valence-electron chi connectivity index (χ4n) is 1.76. The number of anilines is 1. The van der Waals surface area contributed by atoms with Crippen molar-refractivity contribution in [1.82, 2.24) is 4.98 Å². The highest BCUT2D eigenvalue weighted by Gasteiger charge is 2.29. The predicted octanol–water partition coefficient (Wildman–Crippen LogP) is 2.76. The zero-order valence-electron chi connectivity index (χ0n) is 11.0. The number of aldehydes is 1. The Morgan fingerprint density at radius 2 is 2.11 bits per heavy atom. The minimum atomic E-state index is -0.503. The molecule has 0 saturated heterocycles. The lowest BCUT2D eigenvalue weighted by Crippen LogP contribution is -2.28. The number of carbonyl (C=O) groups is 2. The van der Waals surface area contributed by atoms with E-state index in [1.54, 1.807) is 6.20 Å². The summed E-state index contributed by atoms with van der Waals surface area (Å²) in [5, 5.41) is 2.74. The lowest BCUT2D eigenvalue weighted by Gasteiger charge is -2.18. The van der Waals surface area contributed by atoms with Gasteiger partial charge in [-0.25, -0.2) is 4.98 Å². The van der Waals surface area contributed by atoms with E-state index in [1.807, 2.05) is 26.8 Å². The van der Waals surface area contributed by atoms with Crippen molar-refractivity contribution in [2.24, 2.45) is 5.41 Å². The molecule has 1 N–H and O–H groups in total. The van der Waals surface area contributed by atoms with Crippen LogP contribution in [-0.4, -0.2) is 17.2 Å². The van der Waals surface area contributed by atoms with E-state index >= 15 is 0 Å². The van der Waals surface area contributed by atoms with Gasteiger partial charge in [-0.15, -0.1) is 0 Å². The normalized spacial score (nSPS) is 15.3. The third-order valence-corrected chi connectivity index (χ3v) is 3.07. The molecule has 0 spiro atoms.